The lowest BCUT2D eigenvalue weighted by molar-refractivity contribution is 0.503. The Kier molecular flexibility index (Phi) is 3.74. The predicted octanol–water partition coefficient (Wildman–Crippen LogP) is 1.96. The highest BCUT2D eigenvalue weighted by atomic mass is 32.2. The molecule has 0 bridgehead atoms. The zero-order valence-corrected chi connectivity index (χ0v) is 10.1. The predicted molar refractivity (Wildman–Crippen MR) is 63.7 cm³/mol. The molecule has 2 N–H and O–H groups in total. The van der Waals surface area contributed by atoms with Crippen LogP contribution in [0, 0.1) is 0 Å². The number of hydrogen-bond donors (Lipinski definition) is 2. The van der Waals surface area contributed by atoms with E-state index in [1.807, 2.05) is 0 Å². The Balaban J connectivity index is 1.77. The van der Waals surface area contributed by atoms with Crippen molar-refractivity contribution in [1.82, 2.24) is 10.6 Å². The Labute approximate surface area is 91.6 Å². The fourth-order valence-electron chi connectivity index (χ4n) is 2.59. The molecule has 0 aromatic rings. The average molecular weight is 214 g/mol. The van der Waals surface area contributed by atoms with Gasteiger partial charge in [-0.2, -0.15) is 11.8 Å². The molecule has 2 aliphatic heterocycles. The molecule has 2 saturated heterocycles. The lowest BCUT2D eigenvalue weighted by atomic mass is 10.0. The third-order valence-electron chi connectivity index (χ3n) is 3.32. The molecule has 82 valence electrons. The lowest BCUT2D eigenvalue weighted by Gasteiger charge is -2.17. The van der Waals surface area contributed by atoms with Gasteiger partial charge in [-0.15, -0.1) is 0 Å². The molecule has 0 radical (unpaired) electrons. The Morgan fingerprint density at radius 3 is 2.93 bits per heavy atom. The van der Waals surface area contributed by atoms with Gasteiger partial charge in [0.05, 0.1) is 6.17 Å². The molecular weight excluding hydrogens is 192 g/mol. The quantitative estimate of drug-likeness (QED) is 0.700. The number of hydrogen-bond acceptors (Lipinski definition) is 3. The van der Waals surface area contributed by atoms with Crippen LogP contribution in [0.4, 0.5) is 0 Å². The Bertz CT molecular complexity index is 186. The smallest absolute Gasteiger partial charge is 0.0548 e. The van der Waals surface area contributed by atoms with Crippen molar-refractivity contribution in [3.8, 4) is 0 Å². The maximum Gasteiger partial charge on any atom is 0.0548 e. The van der Waals surface area contributed by atoms with E-state index in [1.54, 1.807) is 0 Å². The van der Waals surface area contributed by atoms with Gasteiger partial charge in [0.1, 0.15) is 0 Å². The largest absolute Gasteiger partial charge is 0.297 e. The van der Waals surface area contributed by atoms with Crippen LogP contribution in [0.15, 0.2) is 0 Å². The van der Waals surface area contributed by atoms with Crippen molar-refractivity contribution in [2.45, 2.75) is 63.0 Å². The molecule has 0 spiro atoms. The zero-order valence-electron chi connectivity index (χ0n) is 9.25. The van der Waals surface area contributed by atoms with E-state index < -0.39 is 0 Å². The Hall–Kier alpha value is 0.270. The van der Waals surface area contributed by atoms with Crippen LogP contribution in [-0.4, -0.2) is 29.3 Å². The van der Waals surface area contributed by atoms with Crippen molar-refractivity contribution in [3.05, 3.63) is 0 Å². The second-order valence-corrected chi connectivity index (χ2v) is 5.83. The van der Waals surface area contributed by atoms with Gasteiger partial charge in [0.25, 0.3) is 0 Å². The molecule has 4 atom stereocenters. The second kappa shape index (κ2) is 4.86. The standard InChI is InChI=1S/C11H22N2S/c1-3-4-5-6-10-11-9(7-14-10)12-8(2)13-11/h8-13H,3-7H2,1-2H3. The van der Waals surface area contributed by atoms with Crippen LogP contribution >= 0.6 is 11.8 Å². The van der Waals surface area contributed by atoms with Crippen molar-refractivity contribution in [1.29, 1.82) is 0 Å². The van der Waals surface area contributed by atoms with Crippen molar-refractivity contribution in [3.63, 3.8) is 0 Å². The Morgan fingerprint density at radius 2 is 2.14 bits per heavy atom. The van der Waals surface area contributed by atoms with E-state index in [1.165, 1.54) is 31.4 Å². The number of nitrogens with one attached hydrogen (secondary N) is 2. The zero-order chi connectivity index (χ0) is 9.97. The summed E-state index contributed by atoms with van der Waals surface area (Å²) in [5.41, 5.74) is 0. The van der Waals surface area contributed by atoms with Gasteiger partial charge in [0.15, 0.2) is 0 Å². The van der Waals surface area contributed by atoms with E-state index in [2.05, 4.69) is 36.2 Å². The van der Waals surface area contributed by atoms with Crippen molar-refractivity contribution in [2.24, 2.45) is 0 Å². The first-order valence-corrected chi connectivity index (χ1v) is 7.00. The van der Waals surface area contributed by atoms with Crippen LogP contribution in [0.2, 0.25) is 0 Å². The highest BCUT2D eigenvalue weighted by Gasteiger charge is 2.41. The summed E-state index contributed by atoms with van der Waals surface area (Å²) in [6.45, 7) is 4.51. The summed E-state index contributed by atoms with van der Waals surface area (Å²) in [5.74, 6) is 1.30. The normalized spacial score (nSPS) is 41.6. The topological polar surface area (TPSA) is 24.1 Å². The molecule has 0 aromatic heterocycles. The SMILES string of the molecule is CCCCCC1SCC2NC(C)NC21. The first-order valence-electron chi connectivity index (χ1n) is 5.95. The summed E-state index contributed by atoms with van der Waals surface area (Å²) < 4.78 is 0. The van der Waals surface area contributed by atoms with Gasteiger partial charge in [0.2, 0.25) is 0 Å². The first kappa shape index (κ1) is 10.8. The third-order valence-corrected chi connectivity index (χ3v) is 4.83. The minimum absolute atomic E-state index is 0.527. The van der Waals surface area contributed by atoms with E-state index in [4.69, 9.17) is 0 Å². The minimum Gasteiger partial charge on any atom is -0.297 e. The fourth-order valence-corrected chi connectivity index (χ4v) is 4.15. The van der Waals surface area contributed by atoms with E-state index in [0.29, 0.717) is 6.17 Å². The van der Waals surface area contributed by atoms with E-state index in [-0.39, 0.29) is 0 Å². The number of unbranched alkanes of at least 4 members (excludes halogenated alkanes) is 2. The molecule has 4 unspecified atom stereocenters. The second-order valence-electron chi connectivity index (χ2n) is 4.55. The third kappa shape index (κ3) is 2.26. The highest BCUT2D eigenvalue weighted by molar-refractivity contribution is 8.00. The van der Waals surface area contributed by atoms with Crippen molar-refractivity contribution < 1.29 is 0 Å². The lowest BCUT2D eigenvalue weighted by Crippen LogP contribution is -2.37. The molecule has 14 heavy (non-hydrogen) atoms. The molecule has 2 fully saturated rings. The van der Waals surface area contributed by atoms with Crippen LogP contribution in [0.25, 0.3) is 0 Å². The van der Waals surface area contributed by atoms with Crippen LogP contribution < -0.4 is 10.6 Å². The van der Waals surface area contributed by atoms with Gasteiger partial charge in [-0.05, 0) is 13.3 Å². The maximum atomic E-state index is 3.66. The van der Waals surface area contributed by atoms with Crippen LogP contribution in [0.3, 0.4) is 0 Å². The summed E-state index contributed by atoms with van der Waals surface area (Å²) in [6, 6.07) is 1.48. The molecule has 2 rings (SSSR count). The first-order chi connectivity index (χ1) is 6.81. The Morgan fingerprint density at radius 1 is 1.29 bits per heavy atom. The van der Waals surface area contributed by atoms with Gasteiger partial charge in [-0.25, -0.2) is 0 Å². The summed E-state index contributed by atoms with van der Waals surface area (Å²) in [4.78, 5) is 0. The van der Waals surface area contributed by atoms with Gasteiger partial charge in [0, 0.05) is 23.1 Å². The van der Waals surface area contributed by atoms with E-state index >= 15 is 0 Å². The average Bonchev–Trinajstić information content (AvgIpc) is 2.66. The molecule has 0 saturated carbocycles. The molecule has 0 amide bonds. The van der Waals surface area contributed by atoms with Gasteiger partial charge in [-0.1, -0.05) is 26.2 Å². The maximum absolute atomic E-state index is 3.66. The highest BCUT2D eigenvalue weighted by Crippen LogP contribution is 2.33. The monoisotopic (exact) mass is 214 g/mol. The summed E-state index contributed by atoms with van der Waals surface area (Å²) in [5, 5.41) is 8.13. The summed E-state index contributed by atoms with van der Waals surface area (Å²) in [6.07, 6.45) is 6.08. The molecule has 2 heterocycles. The van der Waals surface area contributed by atoms with Gasteiger partial charge < -0.3 is 0 Å². The summed E-state index contributed by atoms with van der Waals surface area (Å²) >= 11 is 2.16. The molecular formula is C11H22N2S. The number of rotatable bonds is 4. The van der Waals surface area contributed by atoms with Crippen LogP contribution in [0.5, 0.6) is 0 Å². The van der Waals surface area contributed by atoms with Crippen molar-refractivity contribution in [2.75, 3.05) is 5.75 Å². The van der Waals surface area contributed by atoms with E-state index in [9.17, 15) is 0 Å². The van der Waals surface area contributed by atoms with Gasteiger partial charge in [-0.3, -0.25) is 10.6 Å². The molecule has 0 aromatic carbocycles. The van der Waals surface area contributed by atoms with E-state index in [0.717, 1.165) is 17.3 Å². The minimum atomic E-state index is 0.527. The summed E-state index contributed by atoms with van der Waals surface area (Å²) in [7, 11) is 0. The molecule has 2 aliphatic rings. The molecule has 2 nitrogen and oxygen atoms in total. The number of thioether (sulfide) groups is 1. The number of fused-ring (bicyclic) bond motifs is 1. The van der Waals surface area contributed by atoms with Gasteiger partial charge >= 0.3 is 0 Å². The fraction of sp³-hybridized carbons (Fsp3) is 1.00. The van der Waals surface area contributed by atoms with Crippen molar-refractivity contribution >= 4 is 11.8 Å². The molecule has 3 heteroatoms. The van der Waals surface area contributed by atoms with Crippen LogP contribution in [0.1, 0.15) is 39.5 Å². The van der Waals surface area contributed by atoms with Crippen LogP contribution in [-0.2, 0) is 0 Å². The molecule has 0 aliphatic carbocycles.